The van der Waals surface area contributed by atoms with Crippen LogP contribution in [0.25, 0.3) is 0 Å². The maximum atomic E-state index is 12.2. The molecule has 27 heavy (non-hydrogen) atoms. The SMILES string of the molecule is CN(CCc1ccccn1)c1ncccc1CNC(=O)C[C@@H]1CCC(=O)N1. The molecule has 0 spiro atoms. The van der Waals surface area contributed by atoms with E-state index in [4.69, 9.17) is 0 Å². The summed E-state index contributed by atoms with van der Waals surface area (Å²) in [5.74, 6) is 0.813. The lowest BCUT2D eigenvalue weighted by Crippen LogP contribution is -2.33. The number of likely N-dealkylation sites (N-methyl/N-ethyl adjacent to an activating group) is 1. The fourth-order valence-electron chi connectivity index (χ4n) is 3.17. The Bertz CT molecular complexity index is 781. The van der Waals surface area contributed by atoms with Gasteiger partial charge in [0, 0.05) is 69.1 Å². The molecule has 2 aromatic heterocycles. The highest BCUT2D eigenvalue weighted by atomic mass is 16.2. The van der Waals surface area contributed by atoms with Gasteiger partial charge in [-0.1, -0.05) is 12.1 Å². The normalized spacial score (nSPS) is 16.0. The van der Waals surface area contributed by atoms with Crippen molar-refractivity contribution in [2.24, 2.45) is 0 Å². The van der Waals surface area contributed by atoms with Crippen LogP contribution in [0.4, 0.5) is 5.82 Å². The van der Waals surface area contributed by atoms with Crippen LogP contribution in [0.1, 0.15) is 30.5 Å². The van der Waals surface area contributed by atoms with Gasteiger partial charge in [-0.15, -0.1) is 0 Å². The zero-order valence-electron chi connectivity index (χ0n) is 15.5. The van der Waals surface area contributed by atoms with E-state index < -0.39 is 0 Å². The number of carbonyl (C=O) groups is 2. The van der Waals surface area contributed by atoms with E-state index in [0.29, 0.717) is 19.4 Å². The van der Waals surface area contributed by atoms with Crippen molar-refractivity contribution in [2.45, 2.75) is 38.3 Å². The zero-order chi connectivity index (χ0) is 19.1. The number of hydrogen-bond donors (Lipinski definition) is 2. The molecule has 0 aliphatic carbocycles. The molecule has 2 aromatic rings. The molecule has 7 heteroatoms. The maximum Gasteiger partial charge on any atom is 0.222 e. The molecule has 0 saturated carbocycles. The maximum absolute atomic E-state index is 12.2. The molecule has 142 valence electrons. The Kier molecular flexibility index (Phi) is 6.35. The molecule has 0 unspecified atom stereocenters. The summed E-state index contributed by atoms with van der Waals surface area (Å²) in [5, 5.41) is 5.76. The van der Waals surface area contributed by atoms with Gasteiger partial charge in [-0.2, -0.15) is 0 Å². The smallest absolute Gasteiger partial charge is 0.222 e. The summed E-state index contributed by atoms with van der Waals surface area (Å²) in [7, 11) is 1.99. The molecule has 0 aromatic carbocycles. The van der Waals surface area contributed by atoms with Gasteiger partial charge in [-0.05, 0) is 24.6 Å². The number of amides is 2. The minimum absolute atomic E-state index is 0.0249. The van der Waals surface area contributed by atoms with Crippen LogP contribution in [0, 0.1) is 0 Å². The van der Waals surface area contributed by atoms with Crippen molar-refractivity contribution in [3.8, 4) is 0 Å². The van der Waals surface area contributed by atoms with Crippen LogP contribution in [0.15, 0.2) is 42.7 Å². The molecule has 0 radical (unpaired) electrons. The van der Waals surface area contributed by atoms with E-state index in [1.165, 1.54) is 0 Å². The molecule has 1 saturated heterocycles. The Labute approximate surface area is 159 Å². The molecule has 2 N–H and O–H groups in total. The van der Waals surface area contributed by atoms with E-state index in [-0.39, 0.29) is 17.9 Å². The topological polar surface area (TPSA) is 87.2 Å². The van der Waals surface area contributed by atoms with Crippen LogP contribution in [0.5, 0.6) is 0 Å². The van der Waals surface area contributed by atoms with Crippen LogP contribution in [-0.4, -0.2) is 41.4 Å². The summed E-state index contributed by atoms with van der Waals surface area (Å²) in [6.07, 6.45) is 5.92. The Morgan fingerprint density at radius 2 is 2.11 bits per heavy atom. The first-order chi connectivity index (χ1) is 13.1. The number of nitrogens with one attached hydrogen (secondary N) is 2. The summed E-state index contributed by atoms with van der Waals surface area (Å²) in [5.41, 5.74) is 2.00. The van der Waals surface area contributed by atoms with Crippen molar-refractivity contribution < 1.29 is 9.59 Å². The molecule has 1 aliphatic rings. The lowest BCUT2D eigenvalue weighted by Gasteiger charge is -2.21. The quantitative estimate of drug-likeness (QED) is 0.737. The summed E-state index contributed by atoms with van der Waals surface area (Å²) in [6.45, 7) is 1.19. The van der Waals surface area contributed by atoms with Crippen LogP contribution < -0.4 is 15.5 Å². The second-order valence-electron chi connectivity index (χ2n) is 6.76. The molecule has 0 bridgehead atoms. The average Bonchev–Trinajstić information content (AvgIpc) is 3.10. The van der Waals surface area contributed by atoms with Gasteiger partial charge < -0.3 is 15.5 Å². The monoisotopic (exact) mass is 367 g/mol. The molecule has 1 fully saturated rings. The number of carbonyl (C=O) groups excluding carboxylic acids is 2. The van der Waals surface area contributed by atoms with Crippen molar-refractivity contribution in [1.29, 1.82) is 0 Å². The highest BCUT2D eigenvalue weighted by Gasteiger charge is 2.23. The summed E-state index contributed by atoms with van der Waals surface area (Å²) in [6, 6.07) is 9.69. The van der Waals surface area contributed by atoms with Crippen molar-refractivity contribution in [2.75, 3.05) is 18.5 Å². The van der Waals surface area contributed by atoms with E-state index in [2.05, 4.69) is 25.5 Å². The van der Waals surface area contributed by atoms with Crippen molar-refractivity contribution in [1.82, 2.24) is 20.6 Å². The first-order valence-electron chi connectivity index (χ1n) is 9.23. The number of nitrogens with zero attached hydrogens (tertiary/aromatic N) is 3. The third-order valence-corrected chi connectivity index (χ3v) is 4.65. The molecule has 3 heterocycles. The number of rotatable bonds is 8. The van der Waals surface area contributed by atoms with Crippen molar-refractivity contribution >= 4 is 17.6 Å². The number of hydrogen-bond acceptors (Lipinski definition) is 5. The van der Waals surface area contributed by atoms with Gasteiger partial charge in [-0.25, -0.2) is 4.98 Å². The third kappa shape index (κ3) is 5.51. The van der Waals surface area contributed by atoms with Crippen molar-refractivity contribution in [3.05, 3.63) is 54.0 Å². The van der Waals surface area contributed by atoms with E-state index in [0.717, 1.165) is 36.5 Å². The van der Waals surface area contributed by atoms with Gasteiger partial charge >= 0.3 is 0 Å². The summed E-state index contributed by atoms with van der Waals surface area (Å²) < 4.78 is 0. The van der Waals surface area contributed by atoms with E-state index in [9.17, 15) is 9.59 Å². The average molecular weight is 367 g/mol. The van der Waals surface area contributed by atoms with Crippen molar-refractivity contribution in [3.63, 3.8) is 0 Å². The second kappa shape index (κ2) is 9.12. The summed E-state index contributed by atoms with van der Waals surface area (Å²) in [4.78, 5) is 34.3. The van der Waals surface area contributed by atoms with Gasteiger partial charge in [0.1, 0.15) is 5.82 Å². The van der Waals surface area contributed by atoms with E-state index in [1.54, 1.807) is 12.4 Å². The Morgan fingerprint density at radius 3 is 2.85 bits per heavy atom. The molecule has 1 atom stereocenters. The molecular formula is C20H25N5O2. The minimum atomic E-state index is -0.0619. The largest absolute Gasteiger partial charge is 0.359 e. The minimum Gasteiger partial charge on any atom is -0.359 e. The van der Waals surface area contributed by atoms with Crippen LogP contribution in [-0.2, 0) is 22.6 Å². The zero-order valence-corrected chi connectivity index (χ0v) is 15.5. The van der Waals surface area contributed by atoms with Gasteiger partial charge in [0.15, 0.2) is 0 Å². The predicted molar refractivity (Wildman–Crippen MR) is 103 cm³/mol. The Morgan fingerprint density at radius 1 is 1.26 bits per heavy atom. The lowest BCUT2D eigenvalue weighted by molar-refractivity contribution is -0.121. The van der Waals surface area contributed by atoms with Crippen LogP contribution in [0.3, 0.4) is 0 Å². The third-order valence-electron chi connectivity index (χ3n) is 4.65. The van der Waals surface area contributed by atoms with Crippen LogP contribution >= 0.6 is 0 Å². The van der Waals surface area contributed by atoms with Gasteiger partial charge in [0.2, 0.25) is 11.8 Å². The van der Waals surface area contributed by atoms with Gasteiger partial charge in [0.05, 0.1) is 0 Å². The first-order valence-corrected chi connectivity index (χ1v) is 9.23. The molecule has 3 rings (SSSR count). The lowest BCUT2D eigenvalue weighted by atomic mass is 10.1. The molecule has 2 amide bonds. The standard InChI is InChI=1S/C20H25N5O2/c1-25(12-9-16-6-2-3-10-21-16)20-15(5-4-11-22-20)14-23-19(27)13-17-7-8-18(26)24-17/h2-6,10-11,17H,7-9,12-14H2,1H3,(H,23,27)(H,24,26)/t17-/m0/s1. The first kappa shape index (κ1) is 18.8. The number of anilines is 1. The van der Waals surface area contributed by atoms with E-state index in [1.807, 2.05) is 37.4 Å². The number of aromatic nitrogens is 2. The number of pyridine rings is 2. The van der Waals surface area contributed by atoms with Crippen LogP contribution in [0.2, 0.25) is 0 Å². The fraction of sp³-hybridized carbons (Fsp3) is 0.400. The predicted octanol–water partition coefficient (Wildman–Crippen LogP) is 1.44. The molecule has 7 nitrogen and oxygen atoms in total. The fourth-order valence-corrected chi connectivity index (χ4v) is 3.17. The van der Waals surface area contributed by atoms with E-state index >= 15 is 0 Å². The highest BCUT2D eigenvalue weighted by molar-refractivity contribution is 5.81. The highest BCUT2D eigenvalue weighted by Crippen LogP contribution is 2.16. The Balaban J connectivity index is 1.53. The summed E-state index contributed by atoms with van der Waals surface area (Å²) >= 11 is 0. The Hall–Kier alpha value is -2.96. The molecule has 1 aliphatic heterocycles. The van der Waals surface area contributed by atoms with Gasteiger partial charge in [0.25, 0.3) is 0 Å². The second-order valence-corrected chi connectivity index (χ2v) is 6.76. The van der Waals surface area contributed by atoms with Gasteiger partial charge in [-0.3, -0.25) is 14.6 Å². The molecular weight excluding hydrogens is 342 g/mol.